The number of benzene rings is 1. The van der Waals surface area contributed by atoms with Crippen molar-refractivity contribution in [3.8, 4) is 0 Å². The topological polar surface area (TPSA) is 98.5 Å². The minimum Gasteiger partial charge on any atom is -0.463 e. The molecule has 1 atom stereocenters. The number of carbonyl (C=O) groups is 2. The second kappa shape index (κ2) is 8.77. The van der Waals surface area contributed by atoms with Gasteiger partial charge in [-0.15, -0.1) is 11.3 Å². The van der Waals surface area contributed by atoms with Crippen molar-refractivity contribution in [3.05, 3.63) is 61.3 Å². The monoisotopic (exact) mass is 396 g/mol. The molecular formula is C17H17ClN2O5S. The molecule has 0 spiro atoms. The maximum absolute atomic E-state index is 12.4. The number of halogens is 1. The standard InChI is InChI=1S/C17H17ClN2O5S/c1-10(2)25-16(21)9-12(11-5-3-4-6-13(11)20(23)24)19-17(22)14-7-8-15(18)26-14/h3-8,10,12H,9H2,1-2H3,(H,19,22). The van der Waals surface area contributed by atoms with Crippen LogP contribution in [0.15, 0.2) is 36.4 Å². The van der Waals surface area contributed by atoms with Crippen molar-refractivity contribution >= 4 is 40.5 Å². The van der Waals surface area contributed by atoms with Gasteiger partial charge in [0.05, 0.1) is 38.3 Å². The number of thiophene rings is 1. The lowest BCUT2D eigenvalue weighted by molar-refractivity contribution is -0.385. The van der Waals surface area contributed by atoms with E-state index < -0.39 is 22.8 Å². The molecule has 1 N–H and O–H groups in total. The summed E-state index contributed by atoms with van der Waals surface area (Å²) in [6.07, 6.45) is -0.561. The Labute approximate surface area is 159 Å². The molecule has 0 radical (unpaired) electrons. The molecule has 26 heavy (non-hydrogen) atoms. The Morgan fingerprint density at radius 2 is 1.96 bits per heavy atom. The third-order valence-electron chi connectivity index (χ3n) is 3.35. The number of para-hydroxylation sites is 1. The lowest BCUT2D eigenvalue weighted by Crippen LogP contribution is -2.31. The average molecular weight is 397 g/mol. The number of nitro groups is 1. The van der Waals surface area contributed by atoms with Crippen LogP contribution < -0.4 is 5.32 Å². The summed E-state index contributed by atoms with van der Waals surface area (Å²) in [6, 6.07) is 8.18. The van der Waals surface area contributed by atoms with E-state index in [0.29, 0.717) is 9.21 Å². The fourth-order valence-corrected chi connectivity index (χ4v) is 3.28. The number of esters is 1. The van der Waals surface area contributed by atoms with Crippen LogP contribution in [0.3, 0.4) is 0 Å². The van der Waals surface area contributed by atoms with Crippen molar-refractivity contribution in [1.29, 1.82) is 0 Å². The van der Waals surface area contributed by atoms with Crippen LogP contribution in [0.2, 0.25) is 4.34 Å². The molecule has 0 fully saturated rings. The molecule has 1 aromatic heterocycles. The molecule has 0 aliphatic heterocycles. The first-order chi connectivity index (χ1) is 12.3. The highest BCUT2D eigenvalue weighted by molar-refractivity contribution is 7.18. The van der Waals surface area contributed by atoms with Gasteiger partial charge in [0.15, 0.2) is 0 Å². The van der Waals surface area contributed by atoms with Crippen molar-refractivity contribution < 1.29 is 19.2 Å². The van der Waals surface area contributed by atoms with Crippen LogP contribution >= 0.6 is 22.9 Å². The van der Waals surface area contributed by atoms with Crippen LogP contribution in [0.5, 0.6) is 0 Å². The number of nitro benzene ring substituents is 1. The van der Waals surface area contributed by atoms with Crippen LogP contribution in [0.4, 0.5) is 5.69 Å². The highest BCUT2D eigenvalue weighted by atomic mass is 35.5. The largest absolute Gasteiger partial charge is 0.463 e. The molecule has 9 heteroatoms. The fourth-order valence-electron chi connectivity index (χ4n) is 2.33. The van der Waals surface area contributed by atoms with E-state index in [9.17, 15) is 19.7 Å². The van der Waals surface area contributed by atoms with E-state index in [1.54, 1.807) is 32.0 Å². The van der Waals surface area contributed by atoms with Gasteiger partial charge in [-0.2, -0.15) is 0 Å². The van der Waals surface area contributed by atoms with Gasteiger partial charge in [0.1, 0.15) is 0 Å². The number of ether oxygens (including phenoxy) is 1. The Bertz CT molecular complexity index is 821. The van der Waals surface area contributed by atoms with Crippen LogP contribution in [0.1, 0.15) is 41.5 Å². The molecule has 2 rings (SSSR count). The molecule has 1 amide bonds. The number of amides is 1. The van der Waals surface area contributed by atoms with E-state index in [1.807, 2.05) is 0 Å². The number of hydrogen-bond acceptors (Lipinski definition) is 6. The van der Waals surface area contributed by atoms with E-state index in [4.69, 9.17) is 16.3 Å². The number of carbonyl (C=O) groups excluding carboxylic acids is 2. The zero-order valence-corrected chi connectivity index (χ0v) is 15.7. The summed E-state index contributed by atoms with van der Waals surface area (Å²) in [5, 5.41) is 14.0. The van der Waals surface area contributed by atoms with Crippen LogP contribution in [-0.2, 0) is 9.53 Å². The summed E-state index contributed by atoms with van der Waals surface area (Å²) in [7, 11) is 0. The van der Waals surface area contributed by atoms with E-state index in [0.717, 1.165) is 11.3 Å². The van der Waals surface area contributed by atoms with E-state index >= 15 is 0 Å². The second-order valence-corrected chi connectivity index (χ2v) is 7.40. The highest BCUT2D eigenvalue weighted by Crippen LogP contribution is 2.29. The quantitative estimate of drug-likeness (QED) is 0.431. The molecule has 1 heterocycles. The van der Waals surface area contributed by atoms with Gasteiger partial charge in [0.2, 0.25) is 0 Å². The van der Waals surface area contributed by atoms with Crippen molar-refractivity contribution in [1.82, 2.24) is 5.32 Å². The fraction of sp³-hybridized carbons (Fsp3) is 0.294. The Morgan fingerprint density at radius 1 is 1.27 bits per heavy atom. The smallest absolute Gasteiger partial charge is 0.308 e. The Kier molecular flexibility index (Phi) is 6.70. The predicted octanol–water partition coefficient (Wildman–Crippen LogP) is 4.12. The molecule has 2 aromatic rings. The summed E-state index contributed by atoms with van der Waals surface area (Å²) >= 11 is 6.92. The molecule has 0 saturated heterocycles. The van der Waals surface area contributed by atoms with Gasteiger partial charge in [-0.1, -0.05) is 29.8 Å². The van der Waals surface area contributed by atoms with Gasteiger partial charge < -0.3 is 10.1 Å². The molecule has 7 nitrogen and oxygen atoms in total. The summed E-state index contributed by atoms with van der Waals surface area (Å²) in [5.41, 5.74) is 0.0496. The maximum Gasteiger partial charge on any atom is 0.308 e. The van der Waals surface area contributed by atoms with Crippen LogP contribution in [-0.4, -0.2) is 22.9 Å². The number of nitrogens with zero attached hydrogens (tertiary/aromatic N) is 1. The van der Waals surface area contributed by atoms with E-state index in [-0.39, 0.29) is 23.8 Å². The highest BCUT2D eigenvalue weighted by Gasteiger charge is 2.27. The first-order valence-electron chi connectivity index (χ1n) is 7.77. The first-order valence-corrected chi connectivity index (χ1v) is 8.96. The normalized spacial score (nSPS) is 11.8. The van der Waals surface area contributed by atoms with Gasteiger partial charge in [-0.25, -0.2) is 0 Å². The molecule has 1 aromatic carbocycles. The number of hydrogen-bond donors (Lipinski definition) is 1. The molecule has 138 valence electrons. The van der Waals surface area contributed by atoms with Gasteiger partial charge in [-0.05, 0) is 26.0 Å². The molecule has 0 aliphatic rings. The minimum absolute atomic E-state index is 0.181. The first kappa shape index (κ1) is 19.9. The molecule has 1 unspecified atom stereocenters. The van der Waals surface area contributed by atoms with E-state index in [2.05, 4.69) is 5.32 Å². The third kappa shape index (κ3) is 5.27. The Balaban J connectivity index is 2.31. The summed E-state index contributed by atoms with van der Waals surface area (Å²) in [5.74, 6) is -1.03. The van der Waals surface area contributed by atoms with Crippen LogP contribution in [0.25, 0.3) is 0 Å². The zero-order valence-electron chi connectivity index (χ0n) is 14.1. The molecular weight excluding hydrogens is 380 g/mol. The number of rotatable bonds is 7. The minimum atomic E-state index is -0.906. The molecule has 0 aliphatic carbocycles. The van der Waals surface area contributed by atoms with Gasteiger partial charge >= 0.3 is 5.97 Å². The van der Waals surface area contributed by atoms with Crippen molar-refractivity contribution in [2.75, 3.05) is 0 Å². The van der Waals surface area contributed by atoms with Gasteiger partial charge in [0, 0.05) is 6.07 Å². The second-order valence-electron chi connectivity index (χ2n) is 5.69. The summed E-state index contributed by atoms with van der Waals surface area (Å²) < 4.78 is 5.56. The zero-order chi connectivity index (χ0) is 19.3. The van der Waals surface area contributed by atoms with Gasteiger partial charge in [-0.3, -0.25) is 19.7 Å². The van der Waals surface area contributed by atoms with Crippen molar-refractivity contribution in [3.63, 3.8) is 0 Å². The average Bonchev–Trinajstić information content (AvgIpc) is 3.00. The predicted molar refractivity (Wildman–Crippen MR) is 98.5 cm³/mol. The number of nitrogens with one attached hydrogen (secondary N) is 1. The van der Waals surface area contributed by atoms with Crippen LogP contribution in [0, 0.1) is 10.1 Å². The Morgan fingerprint density at radius 3 is 2.54 bits per heavy atom. The molecule has 0 bridgehead atoms. The third-order valence-corrected chi connectivity index (χ3v) is 4.58. The lowest BCUT2D eigenvalue weighted by atomic mass is 10.0. The maximum atomic E-state index is 12.4. The van der Waals surface area contributed by atoms with Gasteiger partial charge in [0.25, 0.3) is 11.6 Å². The van der Waals surface area contributed by atoms with E-state index in [1.165, 1.54) is 18.2 Å². The Hall–Kier alpha value is -2.45. The van der Waals surface area contributed by atoms with Crippen molar-refractivity contribution in [2.45, 2.75) is 32.4 Å². The van der Waals surface area contributed by atoms with Crippen molar-refractivity contribution in [2.24, 2.45) is 0 Å². The lowest BCUT2D eigenvalue weighted by Gasteiger charge is -2.19. The molecule has 0 saturated carbocycles. The summed E-state index contributed by atoms with van der Waals surface area (Å²) in [6.45, 7) is 3.40. The summed E-state index contributed by atoms with van der Waals surface area (Å²) in [4.78, 5) is 35.6. The SMILES string of the molecule is CC(C)OC(=O)CC(NC(=O)c1ccc(Cl)s1)c1ccccc1[N+](=O)[O-].